The summed E-state index contributed by atoms with van der Waals surface area (Å²) in [5.74, 6) is -0.000853. The molecule has 1 aliphatic rings. The van der Waals surface area contributed by atoms with Crippen molar-refractivity contribution < 1.29 is 22.5 Å². The molecule has 0 radical (unpaired) electrons. The number of amides is 1. The third kappa shape index (κ3) is 3.33. The number of pyridine rings is 1. The van der Waals surface area contributed by atoms with Crippen LogP contribution in [0, 0.1) is 13.8 Å². The maximum Gasteiger partial charge on any atom is 0.261 e. The van der Waals surface area contributed by atoms with Gasteiger partial charge in [0.2, 0.25) is 10.0 Å². The van der Waals surface area contributed by atoms with Crippen molar-refractivity contribution in [1.82, 2.24) is 19.8 Å². The van der Waals surface area contributed by atoms with Gasteiger partial charge in [-0.15, -0.1) is 11.3 Å². The van der Waals surface area contributed by atoms with Crippen LogP contribution in [0.4, 0.5) is 0 Å². The molecule has 0 aliphatic carbocycles. The standard InChI is InChI=1S/C18H20N4O5S2/c1-10-16(11(2)27-21-10)29(24,25)22-7-8-26-13(9-22)14-12-5-4-6-20-18(12)28-15(14)17(23)19-3/h4-6,13H,7-9H2,1-3H3,(H,19,23). The molecular weight excluding hydrogens is 416 g/mol. The molecule has 154 valence electrons. The molecule has 0 spiro atoms. The Bertz CT molecular complexity index is 1160. The van der Waals surface area contributed by atoms with Crippen molar-refractivity contribution in [1.29, 1.82) is 0 Å². The molecule has 9 nitrogen and oxygen atoms in total. The minimum absolute atomic E-state index is 0.0805. The Morgan fingerprint density at radius 3 is 2.86 bits per heavy atom. The first-order valence-corrected chi connectivity index (χ1v) is 11.2. The van der Waals surface area contributed by atoms with Crippen LogP contribution >= 0.6 is 11.3 Å². The Balaban J connectivity index is 1.76. The Morgan fingerprint density at radius 2 is 2.17 bits per heavy atom. The van der Waals surface area contributed by atoms with Crippen molar-refractivity contribution in [3.8, 4) is 0 Å². The SMILES string of the molecule is CNC(=O)c1sc2ncccc2c1C1CN(S(=O)(=O)c2c(C)noc2C)CCO1. The molecule has 4 rings (SSSR count). The second-order valence-corrected chi connectivity index (χ2v) is 9.53. The highest BCUT2D eigenvalue weighted by Crippen LogP contribution is 2.38. The van der Waals surface area contributed by atoms with E-state index in [0.29, 0.717) is 21.0 Å². The number of sulfonamides is 1. The van der Waals surface area contributed by atoms with Crippen LogP contribution in [0.3, 0.4) is 0 Å². The van der Waals surface area contributed by atoms with Gasteiger partial charge in [-0.3, -0.25) is 4.79 Å². The van der Waals surface area contributed by atoms with Crippen LogP contribution in [0.25, 0.3) is 10.2 Å². The number of carbonyl (C=O) groups is 1. The van der Waals surface area contributed by atoms with Gasteiger partial charge in [-0.05, 0) is 19.9 Å². The van der Waals surface area contributed by atoms with E-state index in [1.807, 2.05) is 6.07 Å². The van der Waals surface area contributed by atoms with Gasteiger partial charge < -0.3 is 14.6 Å². The highest BCUT2D eigenvalue weighted by Gasteiger charge is 2.37. The molecule has 1 amide bonds. The molecule has 3 aromatic heterocycles. The summed E-state index contributed by atoms with van der Waals surface area (Å²) < 4.78 is 38.8. The van der Waals surface area contributed by atoms with Gasteiger partial charge in [0.05, 0.1) is 12.7 Å². The summed E-state index contributed by atoms with van der Waals surface area (Å²) in [4.78, 5) is 18.1. The molecule has 11 heteroatoms. The number of carbonyl (C=O) groups excluding carboxylic acids is 1. The van der Waals surface area contributed by atoms with Crippen LogP contribution < -0.4 is 5.32 Å². The van der Waals surface area contributed by atoms with Crippen molar-refractivity contribution in [3.63, 3.8) is 0 Å². The lowest BCUT2D eigenvalue weighted by Crippen LogP contribution is -2.42. The van der Waals surface area contributed by atoms with Crippen molar-refractivity contribution in [2.75, 3.05) is 26.7 Å². The molecule has 0 bridgehead atoms. The number of hydrogen-bond acceptors (Lipinski definition) is 8. The average molecular weight is 437 g/mol. The molecule has 0 saturated carbocycles. The first kappa shape index (κ1) is 20.0. The predicted octanol–water partition coefficient (Wildman–Crippen LogP) is 2.02. The molecule has 0 aromatic carbocycles. The van der Waals surface area contributed by atoms with E-state index >= 15 is 0 Å². The topological polar surface area (TPSA) is 115 Å². The second-order valence-electron chi connectivity index (χ2n) is 6.66. The highest BCUT2D eigenvalue weighted by atomic mass is 32.2. The Hall–Kier alpha value is -2.34. The lowest BCUT2D eigenvalue weighted by atomic mass is 10.0. The predicted molar refractivity (Wildman–Crippen MR) is 106 cm³/mol. The first-order valence-electron chi connectivity index (χ1n) is 8.98. The largest absolute Gasteiger partial charge is 0.371 e. The number of aromatic nitrogens is 2. The molecule has 1 aliphatic heterocycles. The van der Waals surface area contributed by atoms with Crippen LogP contribution in [0.15, 0.2) is 27.7 Å². The molecule has 1 fully saturated rings. The van der Waals surface area contributed by atoms with Gasteiger partial charge in [0, 0.05) is 37.3 Å². The molecule has 29 heavy (non-hydrogen) atoms. The molecule has 1 unspecified atom stereocenters. The van der Waals surface area contributed by atoms with Crippen molar-refractivity contribution in [2.24, 2.45) is 0 Å². The number of nitrogens with one attached hydrogen (secondary N) is 1. The molecular formula is C18H20N4O5S2. The summed E-state index contributed by atoms with van der Waals surface area (Å²) in [5.41, 5.74) is 0.984. The summed E-state index contributed by atoms with van der Waals surface area (Å²) >= 11 is 1.27. The fraction of sp³-hybridized carbons (Fsp3) is 0.389. The number of ether oxygens (including phenoxy) is 1. The van der Waals surface area contributed by atoms with E-state index in [4.69, 9.17) is 9.26 Å². The number of nitrogens with zero attached hydrogens (tertiary/aromatic N) is 3. The second kappa shape index (κ2) is 7.48. The summed E-state index contributed by atoms with van der Waals surface area (Å²) in [6.07, 6.45) is 1.07. The molecule has 4 heterocycles. The van der Waals surface area contributed by atoms with Crippen molar-refractivity contribution >= 4 is 37.5 Å². The van der Waals surface area contributed by atoms with Crippen LogP contribution in [-0.2, 0) is 14.8 Å². The molecule has 3 aromatic rings. The van der Waals surface area contributed by atoms with Gasteiger partial charge in [-0.2, -0.15) is 4.31 Å². The van der Waals surface area contributed by atoms with E-state index in [-0.39, 0.29) is 36.3 Å². The third-order valence-electron chi connectivity index (χ3n) is 4.85. The highest BCUT2D eigenvalue weighted by molar-refractivity contribution is 7.89. The summed E-state index contributed by atoms with van der Waals surface area (Å²) in [7, 11) is -2.26. The summed E-state index contributed by atoms with van der Waals surface area (Å²) in [6, 6.07) is 3.65. The zero-order valence-corrected chi connectivity index (χ0v) is 17.8. The molecule has 1 N–H and O–H groups in total. The number of aryl methyl sites for hydroxylation is 2. The smallest absolute Gasteiger partial charge is 0.261 e. The summed E-state index contributed by atoms with van der Waals surface area (Å²) in [6.45, 7) is 3.67. The van der Waals surface area contributed by atoms with Crippen molar-refractivity contribution in [2.45, 2.75) is 24.8 Å². The average Bonchev–Trinajstić information content (AvgIpc) is 3.27. The monoisotopic (exact) mass is 436 g/mol. The Morgan fingerprint density at radius 1 is 1.38 bits per heavy atom. The van der Waals surface area contributed by atoms with E-state index in [2.05, 4.69) is 15.5 Å². The summed E-state index contributed by atoms with van der Waals surface area (Å²) in [5, 5.41) is 7.19. The number of hydrogen-bond donors (Lipinski definition) is 1. The molecule has 1 atom stereocenters. The van der Waals surface area contributed by atoms with E-state index in [1.54, 1.807) is 33.2 Å². The van der Waals surface area contributed by atoms with Gasteiger partial charge in [0.15, 0.2) is 5.76 Å². The Kier molecular flexibility index (Phi) is 5.15. The maximum absolute atomic E-state index is 13.2. The van der Waals surface area contributed by atoms with E-state index < -0.39 is 16.1 Å². The quantitative estimate of drug-likeness (QED) is 0.665. The minimum Gasteiger partial charge on any atom is -0.371 e. The van der Waals surface area contributed by atoms with E-state index in [0.717, 1.165) is 5.39 Å². The van der Waals surface area contributed by atoms with Crippen LogP contribution in [0.2, 0.25) is 0 Å². The zero-order valence-electron chi connectivity index (χ0n) is 16.1. The first-order chi connectivity index (χ1) is 13.8. The Labute approximate surface area is 171 Å². The molecule has 1 saturated heterocycles. The number of fused-ring (bicyclic) bond motifs is 1. The third-order valence-corrected chi connectivity index (χ3v) is 8.09. The van der Waals surface area contributed by atoms with Crippen molar-refractivity contribution in [3.05, 3.63) is 40.2 Å². The van der Waals surface area contributed by atoms with Crippen LogP contribution in [-0.4, -0.2) is 55.5 Å². The van der Waals surface area contributed by atoms with Crippen LogP contribution in [0.1, 0.15) is 32.8 Å². The van der Waals surface area contributed by atoms with E-state index in [9.17, 15) is 13.2 Å². The van der Waals surface area contributed by atoms with Gasteiger partial charge in [-0.1, -0.05) is 11.2 Å². The fourth-order valence-corrected chi connectivity index (χ4v) is 6.40. The van der Waals surface area contributed by atoms with E-state index in [1.165, 1.54) is 15.6 Å². The fourth-order valence-electron chi connectivity index (χ4n) is 3.54. The number of thiophene rings is 1. The number of morpholine rings is 1. The maximum atomic E-state index is 13.2. The van der Waals surface area contributed by atoms with Gasteiger partial charge in [0.1, 0.15) is 20.3 Å². The zero-order chi connectivity index (χ0) is 20.8. The van der Waals surface area contributed by atoms with Gasteiger partial charge in [-0.25, -0.2) is 13.4 Å². The lowest BCUT2D eigenvalue weighted by Gasteiger charge is -2.32. The van der Waals surface area contributed by atoms with Crippen LogP contribution in [0.5, 0.6) is 0 Å². The number of rotatable bonds is 4. The minimum atomic E-state index is -3.81. The van der Waals surface area contributed by atoms with Gasteiger partial charge in [0.25, 0.3) is 5.91 Å². The van der Waals surface area contributed by atoms with Gasteiger partial charge >= 0.3 is 0 Å². The lowest BCUT2D eigenvalue weighted by molar-refractivity contribution is -0.00195. The normalized spacial score (nSPS) is 18.2.